The van der Waals surface area contributed by atoms with Crippen LogP contribution >= 0.6 is 22.9 Å². The molecule has 0 unspecified atom stereocenters. The Bertz CT molecular complexity index is 913. The smallest absolute Gasteiger partial charge is 0.369 e. The summed E-state index contributed by atoms with van der Waals surface area (Å²) in [6.45, 7) is 0.863. The summed E-state index contributed by atoms with van der Waals surface area (Å²) in [6, 6.07) is 0.856. The number of primary amides is 1. The second kappa shape index (κ2) is 8.54. The summed E-state index contributed by atoms with van der Waals surface area (Å²) < 4.78 is 38.2. The lowest BCUT2D eigenvalue weighted by Crippen LogP contribution is -2.38. The zero-order valence-corrected chi connectivity index (χ0v) is 16.6. The van der Waals surface area contributed by atoms with Crippen molar-refractivity contribution < 1.29 is 22.8 Å². The number of alkyl halides is 3. The van der Waals surface area contributed by atoms with E-state index in [9.17, 15) is 22.8 Å². The van der Waals surface area contributed by atoms with Crippen LogP contribution < -0.4 is 16.0 Å². The van der Waals surface area contributed by atoms with Crippen LogP contribution in [0.15, 0.2) is 17.6 Å². The van der Waals surface area contributed by atoms with Gasteiger partial charge in [0.15, 0.2) is 5.13 Å². The highest BCUT2D eigenvalue weighted by molar-refractivity contribution is 7.13. The number of carbonyl (C=O) groups is 2. The molecule has 1 aliphatic heterocycles. The van der Waals surface area contributed by atoms with Gasteiger partial charge in [0.2, 0.25) is 11.8 Å². The number of pyridine rings is 1. The van der Waals surface area contributed by atoms with Crippen molar-refractivity contribution in [1.29, 1.82) is 0 Å². The van der Waals surface area contributed by atoms with Gasteiger partial charge in [-0.1, -0.05) is 11.6 Å². The van der Waals surface area contributed by atoms with E-state index in [1.165, 1.54) is 11.3 Å². The summed E-state index contributed by atoms with van der Waals surface area (Å²) in [6.07, 6.45) is -2.76. The number of halogens is 4. The van der Waals surface area contributed by atoms with Gasteiger partial charge in [-0.15, -0.1) is 11.3 Å². The molecule has 1 aliphatic rings. The van der Waals surface area contributed by atoms with E-state index < -0.39 is 17.6 Å². The molecule has 12 heteroatoms. The third kappa shape index (κ3) is 5.36. The van der Waals surface area contributed by atoms with Gasteiger partial charge in [-0.25, -0.2) is 9.97 Å². The maximum atomic E-state index is 12.7. The Morgan fingerprint density at radius 3 is 2.62 bits per heavy atom. The summed E-state index contributed by atoms with van der Waals surface area (Å²) in [5.41, 5.74) is 4.71. The van der Waals surface area contributed by atoms with Gasteiger partial charge in [0.25, 0.3) is 0 Å². The Hall–Kier alpha value is -2.40. The lowest BCUT2D eigenvalue weighted by molar-refractivity contribution is -0.137. The van der Waals surface area contributed by atoms with Crippen molar-refractivity contribution in [2.24, 2.45) is 11.7 Å². The molecule has 3 N–H and O–H groups in total. The van der Waals surface area contributed by atoms with Gasteiger partial charge in [0, 0.05) is 30.6 Å². The molecule has 3 heterocycles. The minimum Gasteiger partial charge on any atom is -0.369 e. The first kappa shape index (κ1) is 21.3. The Balaban J connectivity index is 1.57. The lowest BCUT2D eigenvalue weighted by atomic mass is 9.96. The van der Waals surface area contributed by atoms with E-state index in [4.69, 9.17) is 17.3 Å². The van der Waals surface area contributed by atoms with Gasteiger partial charge < -0.3 is 16.0 Å². The number of aromatic nitrogens is 2. The largest absolute Gasteiger partial charge is 0.417 e. The molecule has 3 rings (SSSR count). The fourth-order valence-electron chi connectivity index (χ4n) is 3.00. The van der Waals surface area contributed by atoms with E-state index in [-0.39, 0.29) is 29.1 Å². The van der Waals surface area contributed by atoms with Gasteiger partial charge in [-0.3, -0.25) is 9.59 Å². The molecule has 2 aromatic heterocycles. The van der Waals surface area contributed by atoms with Crippen molar-refractivity contribution in [2.75, 3.05) is 23.3 Å². The average Bonchev–Trinajstić information content (AvgIpc) is 3.07. The number of hydrogen-bond donors (Lipinski definition) is 2. The van der Waals surface area contributed by atoms with Crippen molar-refractivity contribution in [1.82, 2.24) is 9.97 Å². The number of carbonyl (C=O) groups excluding carboxylic acids is 2. The minimum atomic E-state index is -4.51. The topological polar surface area (TPSA) is 101 Å². The number of nitrogens with zero attached hydrogens (tertiary/aromatic N) is 3. The Morgan fingerprint density at radius 1 is 1.34 bits per heavy atom. The van der Waals surface area contributed by atoms with Crippen LogP contribution in [0.5, 0.6) is 0 Å². The van der Waals surface area contributed by atoms with Crippen LogP contribution in [0.2, 0.25) is 5.02 Å². The third-order valence-corrected chi connectivity index (χ3v) is 5.54. The molecule has 156 valence electrons. The van der Waals surface area contributed by atoms with E-state index in [2.05, 4.69) is 15.3 Å². The third-order valence-electron chi connectivity index (χ3n) is 4.45. The first-order chi connectivity index (χ1) is 13.6. The maximum absolute atomic E-state index is 12.7. The predicted molar refractivity (Wildman–Crippen MR) is 103 cm³/mol. The Kier molecular flexibility index (Phi) is 6.27. The van der Waals surface area contributed by atoms with E-state index in [0.717, 1.165) is 12.3 Å². The molecule has 0 spiro atoms. The van der Waals surface area contributed by atoms with Crippen molar-refractivity contribution >= 4 is 45.7 Å². The molecule has 1 fully saturated rings. The van der Waals surface area contributed by atoms with Crippen LogP contribution in [0.25, 0.3) is 0 Å². The predicted octanol–water partition coefficient (Wildman–Crippen LogP) is 3.09. The minimum absolute atomic E-state index is 0.00560. The zero-order chi connectivity index (χ0) is 21.2. The molecule has 0 aromatic carbocycles. The van der Waals surface area contributed by atoms with Crippen LogP contribution in [0.4, 0.5) is 24.1 Å². The van der Waals surface area contributed by atoms with Crippen molar-refractivity contribution in [2.45, 2.75) is 25.4 Å². The summed E-state index contributed by atoms with van der Waals surface area (Å²) in [4.78, 5) is 33.1. The first-order valence-corrected chi connectivity index (χ1v) is 9.90. The van der Waals surface area contributed by atoms with Gasteiger partial charge in [0.1, 0.15) is 5.82 Å². The lowest BCUT2D eigenvalue weighted by Gasteiger charge is -2.32. The maximum Gasteiger partial charge on any atom is 0.417 e. The zero-order valence-electron chi connectivity index (χ0n) is 15.0. The number of rotatable bonds is 5. The average molecular weight is 448 g/mol. The van der Waals surface area contributed by atoms with E-state index in [1.807, 2.05) is 0 Å². The highest BCUT2D eigenvalue weighted by Gasteiger charge is 2.33. The molecule has 2 aromatic rings. The number of anilines is 2. The second-order valence-corrected chi connectivity index (χ2v) is 7.83. The van der Waals surface area contributed by atoms with Crippen LogP contribution in [0.3, 0.4) is 0 Å². The monoisotopic (exact) mass is 447 g/mol. The van der Waals surface area contributed by atoms with E-state index in [0.29, 0.717) is 36.8 Å². The summed E-state index contributed by atoms with van der Waals surface area (Å²) in [5.74, 6) is -0.704. The summed E-state index contributed by atoms with van der Waals surface area (Å²) in [7, 11) is 0. The molecule has 0 atom stereocenters. The van der Waals surface area contributed by atoms with Crippen LogP contribution in [0, 0.1) is 5.92 Å². The van der Waals surface area contributed by atoms with Crippen molar-refractivity contribution in [3.8, 4) is 0 Å². The van der Waals surface area contributed by atoms with Crippen LogP contribution in [0.1, 0.15) is 24.1 Å². The summed E-state index contributed by atoms with van der Waals surface area (Å²) >= 11 is 7.20. The Morgan fingerprint density at radius 2 is 2.03 bits per heavy atom. The molecule has 7 nitrogen and oxygen atoms in total. The van der Waals surface area contributed by atoms with Crippen LogP contribution in [-0.2, 0) is 22.2 Å². The highest BCUT2D eigenvalue weighted by Crippen LogP contribution is 2.34. The van der Waals surface area contributed by atoms with Gasteiger partial charge in [-0.2, -0.15) is 13.2 Å². The molecule has 1 saturated heterocycles. The molecule has 29 heavy (non-hydrogen) atoms. The number of piperidine rings is 1. The van der Waals surface area contributed by atoms with Gasteiger partial charge in [-0.05, 0) is 18.9 Å². The molecule has 0 bridgehead atoms. The standard InChI is InChI=1S/C17H17ClF3N5O2S/c18-12-5-10(17(19,20)21)7-23-14(12)26-3-1-9(2-4-26)15(28)25-16-24-11(8-29-16)6-13(22)27/h5,7-9H,1-4,6H2,(H2,22,27)(H,24,25,28). The number of nitrogens with one attached hydrogen (secondary N) is 1. The molecule has 0 aliphatic carbocycles. The van der Waals surface area contributed by atoms with Crippen molar-refractivity contribution in [3.05, 3.63) is 33.9 Å². The van der Waals surface area contributed by atoms with Gasteiger partial charge in [0.05, 0.1) is 22.7 Å². The normalized spacial score (nSPS) is 15.4. The van der Waals surface area contributed by atoms with Crippen molar-refractivity contribution in [3.63, 3.8) is 0 Å². The fourth-order valence-corrected chi connectivity index (χ4v) is 4.00. The number of amides is 2. The molecule has 0 radical (unpaired) electrons. The molecular formula is C17H17ClF3N5O2S. The molecule has 0 saturated carbocycles. The number of thiazole rings is 1. The highest BCUT2D eigenvalue weighted by atomic mass is 35.5. The number of nitrogens with two attached hydrogens (primary N) is 1. The van der Waals surface area contributed by atoms with Crippen LogP contribution in [-0.4, -0.2) is 34.9 Å². The Labute approximate surface area is 173 Å². The van der Waals surface area contributed by atoms with E-state index >= 15 is 0 Å². The SMILES string of the molecule is NC(=O)Cc1csc(NC(=O)C2CCN(c3ncc(C(F)(F)F)cc3Cl)CC2)n1. The summed E-state index contributed by atoms with van der Waals surface area (Å²) in [5, 5.41) is 4.69. The first-order valence-electron chi connectivity index (χ1n) is 8.64. The van der Waals surface area contributed by atoms with E-state index in [1.54, 1.807) is 10.3 Å². The number of hydrogen-bond acceptors (Lipinski definition) is 6. The molecule has 2 amide bonds. The second-order valence-electron chi connectivity index (χ2n) is 6.56. The fraction of sp³-hybridized carbons (Fsp3) is 0.412. The quantitative estimate of drug-likeness (QED) is 0.733. The van der Waals surface area contributed by atoms with Gasteiger partial charge >= 0.3 is 6.18 Å². The molecular weight excluding hydrogens is 431 g/mol.